The Labute approximate surface area is 113 Å². The maximum Gasteiger partial charge on any atom is 0.317 e. The lowest BCUT2D eigenvalue weighted by atomic mass is 10.1. The summed E-state index contributed by atoms with van der Waals surface area (Å²) in [7, 11) is 0. The van der Waals surface area contributed by atoms with Gasteiger partial charge in [0, 0.05) is 30.8 Å². The summed E-state index contributed by atoms with van der Waals surface area (Å²) in [5.74, 6) is 0.505. The molecule has 1 aliphatic rings. The number of ether oxygens (including phenoxy) is 1. The summed E-state index contributed by atoms with van der Waals surface area (Å²) in [6.45, 7) is 7.18. The first-order valence-corrected chi connectivity index (χ1v) is 6.45. The third kappa shape index (κ3) is 4.08. The van der Waals surface area contributed by atoms with Crippen molar-refractivity contribution in [2.45, 2.75) is 38.8 Å². The molecule has 1 unspecified atom stereocenters. The highest BCUT2D eigenvalue weighted by Crippen LogP contribution is 2.16. The van der Waals surface area contributed by atoms with Gasteiger partial charge < -0.3 is 15.0 Å². The number of carbonyl (C=O) groups is 1. The fraction of sp³-hybridized carbons (Fsp3) is 0.615. The van der Waals surface area contributed by atoms with Crippen molar-refractivity contribution in [1.29, 1.82) is 0 Å². The van der Waals surface area contributed by atoms with Gasteiger partial charge in [-0.15, -0.1) is 5.10 Å². The molecule has 0 aliphatic carbocycles. The Morgan fingerprint density at radius 1 is 1.53 bits per heavy atom. The summed E-state index contributed by atoms with van der Waals surface area (Å²) in [5.41, 5.74) is -0.221. The lowest BCUT2D eigenvalue weighted by Crippen LogP contribution is -2.48. The quantitative estimate of drug-likeness (QED) is 0.877. The van der Waals surface area contributed by atoms with E-state index in [-0.39, 0.29) is 17.7 Å². The third-order valence-electron chi connectivity index (χ3n) is 2.75. The van der Waals surface area contributed by atoms with Crippen LogP contribution in [0.3, 0.4) is 0 Å². The van der Waals surface area contributed by atoms with Crippen molar-refractivity contribution in [2.75, 3.05) is 13.1 Å². The molecule has 104 valence electrons. The van der Waals surface area contributed by atoms with Crippen LogP contribution in [0.5, 0.6) is 5.88 Å². The second kappa shape index (κ2) is 5.42. The Bertz CT molecular complexity index is 430. The molecular formula is C13H20N4O2. The fourth-order valence-electron chi connectivity index (χ4n) is 1.93. The molecule has 0 aromatic carbocycles. The zero-order chi connectivity index (χ0) is 13.9. The Morgan fingerprint density at radius 3 is 2.95 bits per heavy atom. The van der Waals surface area contributed by atoms with Gasteiger partial charge in [-0.05, 0) is 26.8 Å². The van der Waals surface area contributed by atoms with Crippen molar-refractivity contribution in [2.24, 2.45) is 0 Å². The summed E-state index contributed by atoms with van der Waals surface area (Å²) < 4.78 is 5.69. The van der Waals surface area contributed by atoms with Gasteiger partial charge in [0.2, 0.25) is 5.88 Å². The number of nitrogens with zero attached hydrogens (tertiary/aromatic N) is 3. The molecule has 0 radical (unpaired) electrons. The summed E-state index contributed by atoms with van der Waals surface area (Å²) in [4.78, 5) is 13.8. The lowest BCUT2D eigenvalue weighted by Gasteiger charge is -2.25. The number of likely N-dealkylation sites (tertiary alicyclic amines) is 1. The molecule has 0 spiro atoms. The molecule has 0 saturated carbocycles. The molecule has 1 fully saturated rings. The number of urea groups is 1. The normalized spacial score (nSPS) is 19.3. The van der Waals surface area contributed by atoms with Gasteiger partial charge in [0.1, 0.15) is 6.10 Å². The Hall–Kier alpha value is -1.85. The van der Waals surface area contributed by atoms with Crippen molar-refractivity contribution in [3.63, 3.8) is 0 Å². The van der Waals surface area contributed by atoms with E-state index in [1.807, 2.05) is 20.8 Å². The van der Waals surface area contributed by atoms with Crippen molar-refractivity contribution >= 4 is 6.03 Å². The summed E-state index contributed by atoms with van der Waals surface area (Å²) in [5, 5.41) is 10.6. The first-order chi connectivity index (χ1) is 8.94. The average molecular weight is 264 g/mol. The second-order valence-corrected chi connectivity index (χ2v) is 5.72. The highest BCUT2D eigenvalue weighted by Gasteiger charge is 2.29. The van der Waals surface area contributed by atoms with Crippen molar-refractivity contribution in [3.8, 4) is 5.88 Å². The van der Waals surface area contributed by atoms with Crippen LogP contribution in [0.1, 0.15) is 27.2 Å². The number of amides is 2. The topological polar surface area (TPSA) is 67.4 Å². The van der Waals surface area contributed by atoms with E-state index >= 15 is 0 Å². The molecule has 1 saturated heterocycles. The van der Waals surface area contributed by atoms with Gasteiger partial charge in [0.25, 0.3) is 0 Å². The summed E-state index contributed by atoms with van der Waals surface area (Å²) in [6.07, 6.45) is 2.40. The predicted molar refractivity (Wildman–Crippen MR) is 70.9 cm³/mol. The van der Waals surface area contributed by atoms with E-state index in [4.69, 9.17) is 4.74 Å². The zero-order valence-corrected chi connectivity index (χ0v) is 11.6. The molecule has 1 aromatic rings. The van der Waals surface area contributed by atoms with Gasteiger partial charge in [-0.25, -0.2) is 4.79 Å². The van der Waals surface area contributed by atoms with Crippen LogP contribution in [-0.2, 0) is 0 Å². The van der Waals surface area contributed by atoms with E-state index < -0.39 is 0 Å². The molecule has 19 heavy (non-hydrogen) atoms. The maximum atomic E-state index is 12.0. The first kappa shape index (κ1) is 13.6. The second-order valence-electron chi connectivity index (χ2n) is 5.72. The molecule has 1 aromatic heterocycles. The van der Waals surface area contributed by atoms with E-state index in [0.29, 0.717) is 19.0 Å². The van der Waals surface area contributed by atoms with Gasteiger partial charge in [-0.1, -0.05) is 0 Å². The number of rotatable bonds is 2. The first-order valence-electron chi connectivity index (χ1n) is 6.45. The van der Waals surface area contributed by atoms with E-state index in [0.717, 1.165) is 6.42 Å². The van der Waals surface area contributed by atoms with E-state index in [1.54, 1.807) is 23.2 Å². The van der Waals surface area contributed by atoms with E-state index in [2.05, 4.69) is 15.5 Å². The Morgan fingerprint density at radius 2 is 2.32 bits per heavy atom. The highest BCUT2D eigenvalue weighted by atomic mass is 16.5. The van der Waals surface area contributed by atoms with E-state index in [1.165, 1.54) is 0 Å². The van der Waals surface area contributed by atoms with Gasteiger partial charge in [-0.3, -0.25) is 0 Å². The van der Waals surface area contributed by atoms with Crippen LogP contribution in [0.25, 0.3) is 0 Å². The molecule has 6 nitrogen and oxygen atoms in total. The lowest BCUT2D eigenvalue weighted by molar-refractivity contribution is 0.177. The molecule has 2 amide bonds. The molecule has 6 heteroatoms. The van der Waals surface area contributed by atoms with Crippen LogP contribution in [0.2, 0.25) is 0 Å². The SMILES string of the molecule is CC(C)(C)NC(=O)N1CCC(Oc2cccnn2)C1. The molecule has 2 heterocycles. The minimum Gasteiger partial charge on any atom is -0.471 e. The molecule has 2 rings (SSSR count). The number of hydrogen-bond donors (Lipinski definition) is 1. The average Bonchev–Trinajstić information content (AvgIpc) is 2.77. The minimum absolute atomic E-state index is 0.0116. The van der Waals surface area contributed by atoms with Crippen LogP contribution in [-0.4, -0.2) is 45.9 Å². The van der Waals surface area contributed by atoms with Crippen molar-refractivity contribution < 1.29 is 9.53 Å². The van der Waals surface area contributed by atoms with Crippen molar-refractivity contribution in [1.82, 2.24) is 20.4 Å². The van der Waals surface area contributed by atoms with Crippen LogP contribution in [0, 0.1) is 0 Å². The third-order valence-corrected chi connectivity index (χ3v) is 2.75. The van der Waals surface area contributed by atoms with Crippen LogP contribution < -0.4 is 10.1 Å². The Kier molecular flexibility index (Phi) is 3.87. The van der Waals surface area contributed by atoms with Gasteiger partial charge in [0.05, 0.1) is 6.54 Å². The molecule has 1 atom stereocenters. The number of carbonyl (C=O) groups excluding carboxylic acids is 1. The molecule has 0 bridgehead atoms. The van der Waals surface area contributed by atoms with Crippen molar-refractivity contribution in [3.05, 3.63) is 18.3 Å². The largest absolute Gasteiger partial charge is 0.471 e. The smallest absolute Gasteiger partial charge is 0.317 e. The summed E-state index contributed by atoms with van der Waals surface area (Å²) >= 11 is 0. The number of hydrogen-bond acceptors (Lipinski definition) is 4. The van der Waals surface area contributed by atoms with Gasteiger partial charge in [-0.2, -0.15) is 5.10 Å². The summed E-state index contributed by atoms with van der Waals surface area (Å²) in [6, 6.07) is 3.50. The Balaban J connectivity index is 1.85. The zero-order valence-electron chi connectivity index (χ0n) is 11.6. The van der Waals surface area contributed by atoms with Crippen LogP contribution in [0.4, 0.5) is 4.79 Å². The molecule has 1 aliphatic heterocycles. The van der Waals surface area contributed by atoms with Crippen LogP contribution in [0.15, 0.2) is 18.3 Å². The van der Waals surface area contributed by atoms with Crippen LogP contribution >= 0.6 is 0 Å². The van der Waals surface area contributed by atoms with Gasteiger partial charge in [0.15, 0.2) is 0 Å². The number of nitrogens with one attached hydrogen (secondary N) is 1. The predicted octanol–water partition coefficient (Wildman–Crippen LogP) is 1.44. The minimum atomic E-state index is -0.221. The molecule has 1 N–H and O–H groups in total. The maximum absolute atomic E-state index is 12.0. The number of aromatic nitrogens is 2. The monoisotopic (exact) mass is 264 g/mol. The van der Waals surface area contributed by atoms with E-state index in [9.17, 15) is 4.79 Å². The highest BCUT2D eigenvalue weighted by molar-refractivity contribution is 5.75. The standard InChI is InChI=1S/C13H20N4O2/c1-13(2,3)15-12(18)17-8-6-10(9-17)19-11-5-4-7-14-16-11/h4-5,7,10H,6,8-9H2,1-3H3,(H,15,18). The molecular weight excluding hydrogens is 244 g/mol. The fourth-order valence-corrected chi connectivity index (χ4v) is 1.93. The van der Waals surface area contributed by atoms with Gasteiger partial charge >= 0.3 is 6.03 Å².